The lowest BCUT2D eigenvalue weighted by atomic mass is 10.1. The van der Waals surface area contributed by atoms with Gasteiger partial charge in [-0.1, -0.05) is 12.2 Å². The molecule has 3 heteroatoms. The molecule has 100 valence electrons. The second-order valence-corrected chi connectivity index (χ2v) is 5.14. The summed E-state index contributed by atoms with van der Waals surface area (Å²) in [6.45, 7) is 2.24. The molecule has 2 unspecified atom stereocenters. The van der Waals surface area contributed by atoms with Crippen molar-refractivity contribution in [1.82, 2.24) is 0 Å². The van der Waals surface area contributed by atoms with Gasteiger partial charge in [-0.2, -0.15) is 0 Å². The maximum Gasteiger partial charge on any atom is 0.338 e. The van der Waals surface area contributed by atoms with E-state index in [1.165, 1.54) is 18.5 Å². The molecule has 1 saturated heterocycles. The number of rotatable bonds is 3. The zero-order valence-corrected chi connectivity index (χ0v) is 11.2. The van der Waals surface area contributed by atoms with E-state index in [-0.39, 0.29) is 5.97 Å². The zero-order chi connectivity index (χ0) is 13.2. The molecule has 19 heavy (non-hydrogen) atoms. The van der Waals surface area contributed by atoms with Crippen LogP contribution in [0.1, 0.15) is 36.5 Å². The van der Waals surface area contributed by atoms with Crippen molar-refractivity contribution in [2.45, 2.75) is 38.3 Å². The molecule has 2 aliphatic rings. The minimum Gasteiger partial charge on any atom is -0.462 e. The lowest BCUT2D eigenvalue weighted by molar-refractivity contribution is 0.0526. The van der Waals surface area contributed by atoms with E-state index in [9.17, 15) is 4.79 Å². The van der Waals surface area contributed by atoms with E-state index in [0.29, 0.717) is 24.3 Å². The lowest BCUT2D eigenvalue weighted by Gasteiger charge is -2.33. The Hall–Kier alpha value is -1.77. The van der Waals surface area contributed by atoms with Crippen LogP contribution >= 0.6 is 0 Å². The highest BCUT2D eigenvalue weighted by molar-refractivity contribution is 5.89. The topological polar surface area (TPSA) is 29.5 Å². The van der Waals surface area contributed by atoms with Crippen molar-refractivity contribution in [1.29, 1.82) is 0 Å². The molecule has 1 aromatic rings. The summed E-state index contributed by atoms with van der Waals surface area (Å²) in [6.07, 6.45) is 8.24. The first-order valence-corrected chi connectivity index (χ1v) is 7.02. The molecule has 0 aliphatic carbocycles. The quantitative estimate of drug-likeness (QED) is 0.615. The molecule has 0 N–H and O–H groups in total. The Morgan fingerprint density at radius 3 is 2.79 bits per heavy atom. The minimum atomic E-state index is -0.240. The van der Waals surface area contributed by atoms with Gasteiger partial charge in [-0.3, -0.25) is 0 Å². The molecular weight excluding hydrogens is 238 g/mol. The Balaban J connectivity index is 1.80. The van der Waals surface area contributed by atoms with Crippen LogP contribution in [0.5, 0.6) is 0 Å². The summed E-state index contributed by atoms with van der Waals surface area (Å²) in [6, 6.07) is 8.97. The molecule has 3 nitrogen and oxygen atoms in total. The van der Waals surface area contributed by atoms with E-state index in [1.807, 2.05) is 31.2 Å². The number of carbonyl (C=O) groups is 1. The van der Waals surface area contributed by atoms with Crippen molar-refractivity contribution in [3.63, 3.8) is 0 Å². The number of anilines is 1. The van der Waals surface area contributed by atoms with Gasteiger partial charge >= 0.3 is 5.97 Å². The average Bonchev–Trinajstić information content (AvgIpc) is 2.68. The molecule has 0 spiro atoms. The zero-order valence-electron chi connectivity index (χ0n) is 11.2. The molecule has 2 atom stereocenters. The summed E-state index contributed by atoms with van der Waals surface area (Å²) in [7, 11) is 0. The second-order valence-electron chi connectivity index (χ2n) is 5.14. The summed E-state index contributed by atoms with van der Waals surface area (Å²) >= 11 is 0. The third-order valence-electron chi connectivity index (χ3n) is 3.99. The van der Waals surface area contributed by atoms with Gasteiger partial charge in [-0.25, -0.2) is 4.79 Å². The fourth-order valence-corrected chi connectivity index (χ4v) is 3.11. The van der Waals surface area contributed by atoms with Gasteiger partial charge in [0.15, 0.2) is 0 Å². The van der Waals surface area contributed by atoms with E-state index in [1.54, 1.807) is 0 Å². The van der Waals surface area contributed by atoms with Crippen molar-refractivity contribution in [2.75, 3.05) is 11.5 Å². The van der Waals surface area contributed by atoms with Crippen LogP contribution in [0.3, 0.4) is 0 Å². The molecule has 1 fully saturated rings. The summed E-state index contributed by atoms with van der Waals surface area (Å²) in [4.78, 5) is 14.1. The summed E-state index contributed by atoms with van der Waals surface area (Å²) < 4.78 is 5.00. The normalized spacial score (nSPS) is 24.6. The molecule has 1 aromatic carbocycles. The van der Waals surface area contributed by atoms with Crippen LogP contribution in [0.2, 0.25) is 0 Å². The van der Waals surface area contributed by atoms with Gasteiger partial charge in [0.1, 0.15) is 0 Å². The van der Waals surface area contributed by atoms with E-state index in [4.69, 9.17) is 4.74 Å². The predicted molar refractivity (Wildman–Crippen MR) is 75.4 cm³/mol. The Morgan fingerprint density at radius 1 is 1.32 bits per heavy atom. The van der Waals surface area contributed by atoms with Crippen LogP contribution in [0.4, 0.5) is 5.69 Å². The largest absolute Gasteiger partial charge is 0.462 e. The number of nitrogens with zero attached hydrogens (tertiary/aromatic N) is 1. The molecule has 0 aromatic heterocycles. The Labute approximate surface area is 113 Å². The maximum absolute atomic E-state index is 11.6. The van der Waals surface area contributed by atoms with Crippen molar-refractivity contribution in [3.8, 4) is 0 Å². The molecule has 3 rings (SSSR count). The summed E-state index contributed by atoms with van der Waals surface area (Å²) in [5.74, 6) is -0.240. The number of ether oxygens (including phenoxy) is 1. The molecule has 2 bridgehead atoms. The van der Waals surface area contributed by atoms with Gasteiger partial charge in [0.25, 0.3) is 0 Å². The first kappa shape index (κ1) is 12.3. The molecule has 0 amide bonds. The number of fused-ring (bicyclic) bond motifs is 2. The fourth-order valence-electron chi connectivity index (χ4n) is 3.11. The van der Waals surface area contributed by atoms with Gasteiger partial charge in [0.2, 0.25) is 0 Å². The minimum absolute atomic E-state index is 0.240. The Kier molecular flexibility index (Phi) is 3.28. The predicted octanol–water partition coefficient (Wildman–Crippen LogP) is 3.16. The molecule has 0 radical (unpaired) electrons. The standard InChI is InChI=1S/C16H19NO2/c1-2-19-16(18)12-6-8-15(9-7-12)17-13-4-3-5-14(17)11-10-13/h3-4,6-9,13-14H,2,5,10-11H2,1H3. The van der Waals surface area contributed by atoms with Crippen LogP contribution in [0.25, 0.3) is 0 Å². The highest BCUT2D eigenvalue weighted by atomic mass is 16.5. The number of carbonyl (C=O) groups excluding carboxylic acids is 1. The smallest absolute Gasteiger partial charge is 0.338 e. The van der Waals surface area contributed by atoms with E-state index >= 15 is 0 Å². The number of hydrogen-bond acceptors (Lipinski definition) is 3. The average molecular weight is 257 g/mol. The second kappa shape index (κ2) is 5.08. The van der Waals surface area contributed by atoms with Gasteiger partial charge < -0.3 is 9.64 Å². The number of benzene rings is 1. The highest BCUT2D eigenvalue weighted by Gasteiger charge is 2.33. The Bertz CT molecular complexity index is 492. The van der Waals surface area contributed by atoms with Crippen LogP contribution < -0.4 is 4.90 Å². The summed E-state index contributed by atoms with van der Waals surface area (Å²) in [5, 5.41) is 0. The Morgan fingerprint density at radius 2 is 2.11 bits per heavy atom. The van der Waals surface area contributed by atoms with E-state index in [0.717, 1.165) is 6.42 Å². The first-order chi connectivity index (χ1) is 9.29. The van der Waals surface area contributed by atoms with Crippen LogP contribution in [0.15, 0.2) is 36.4 Å². The third kappa shape index (κ3) is 2.25. The van der Waals surface area contributed by atoms with Crippen LogP contribution in [0, 0.1) is 0 Å². The van der Waals surface area contributed by atoms with Gasteiger partial charge in [-0.15, -0.1) is 0 Å². The van der Waals surface area contributed by atoms with Gasteiger partial charge in [0, 0.05) is 17.8 Å². The van der Waals surface area contributed by atoms with Gasteiger partial charge in [-0.05, 0) is 50.5 Å². The number of hydrogen-bond donors (Lipinski definition) is 0. The molecule has 2 heterocycles. The fraction of sp³-hybridized carbons (Fsp3) is 0.438. The lowest BCUT2D eigenvalue weighted by Crippen LogP contribution is -2.37. The number of esters is 1. The van der Waals surface area contributed by atoms with Crippen molar-refractivity contribution >= 4 is 11.7 Å². The van der Waals surface area contributed by atoms with Crippen LogP contribution in [-0.2, 0) is 4.74 Å². The monoisotopic (exact) mass is 257 g/mol. The molecule has 0 saturated carbocycles. The molecule has 2 aliphatic heterocycles. The SMILES string of the molecule is CCOC(=O)c1ccc(N2C3C=CCC2CC3)cc1. The van der Waals surface area contributed by atoms with Gasteiger partial charge in [0.05, 0.1) is 12.2 Å². The summed E-state index contributed by atoms with van der Waals surface area (Å²) in [5.41, 5.74) is 1.84. The highest BCUT2D eigenvalue weighted by Crippen LogP contribution is 2.35. The van der Waals surface area contributed by atoms with Crippen LogP contribution in [-0.4, -0.2) is 24.7 Å². The van der Waals surface area contributed by atoms with Crippen molar-refractivity contribution in [3.05, 3.63) is 42.0 Å². The third-order valence-corrected chi connectivity index (χ3v) is 3.99. The van der Waals surface area contributed by atoms with Crippen molar-refractivity contribution in [2.24, 2.45) is 0 Å². The van der Waals surface area contributed by atoms with E-state index in [2.05, 4.69) is 17.1 Å². The first-order valence-electron chi connectivity index (χ1n) is 7.02. The maximum atomic E-state index is 11.6. The van der Waals surface area contributed by atoms with E-state index < -0.39 is 0 Å². The van der Waals surface area contributed by atoms with Crippen molar-refractivity contribution < 1.29 is 9.53 Å². The molecular formula is C16H19NO2.